The van der Waals surface area contributed by atoms with Crippen molar-refractivity contribution in [3.8, 4) is 0 Å². The Bertz CT molecular complexity index is 328. The van der Waals surface area contributed by atoms with Gasteiger partial charge in [-0.1, -0.05) is 12.1 Å². The molecule has 0 spiro atoms. The van der Waals surface area contributed by atoms with Crippen LogP contribution < -0.4 is 0 Å². The monoisotopic (exact) mass is 236 g/mol. The first-order valence-electron chi connectivity index (χ1n) is 5.68. The van der Waals surface area contributed by atoms with Gasteiger partial charge in [0.25, 0.3) is 0 Å². The number of benzene rings is 1. The molecule has 2 nitrogen and oxygen atoms in total. The Balaban J connectivity index is 1.73. The number of hydrogen-bond acceptors (Lipinski definition) is 3. The summed E-state index contributed by atoms with van der Waals surface area (Å²) in [7, 11) is 0. The van der Waals surface area contributed by atoms with Crippen LogP contribution in [0.2, 0.25) is 0 Å². The van der Waals surface area contributed by atoms with Gasteiger partial charge in [0.2, 0.25) is 0 Å². The predicted molar refractivity (Wildman–Crippen MR) is 66.1 cm³/mol. The van der Waals surface area contributed by atoms with E-state index >= 15 is 0 Å². The molecule has 1 atom stereocenters. The van der Waals surface area contributed by atoms with Gasteiger partial charge in [-0.05, 0) is 31.4 Å². The van der Waals surface area contributed by atoms with Crippen molar-refractivity contribution >= 4 is 18.0 Å². The van der Waals surface area contributed by atoms with E-state index in [0.29, 0.717) is 6.10 Å². The molecule has 0 N–H and O–H groups in total. The average Bonchev–Trinajstić information content (AvgIpc) is 2.83. The summed E-state index contributed by atoms with van der Waals surface area (Å²) in [5, 5.41) is 0. The summed E-state index contributed by atoms with van der Waals surface area (Å²) in [5.41, 5.74) is 0.739. The highest BCUT2D eigenvalue weighted by molar-refractivity contribution is 7.99. The molecule has 0 saturated carbocycles. The van der Waals surface area contributed by atoms with Crippen molar-refractivity contribution in [2.75, 3.05) is 12.4 Å². The van der Waals surface area contributed by atoms with Gasteiger partial charge in [-0.15, -0.1) is 11.8 Å². The summed E-state index contributed by atoms with van der Waals surface area (Å²) in [4.78, 5) is 11.7. The molecule has 1 aliphatic rings. The smallest absolute Gasteiger partial charge is 0.150 e. The Hall–Kier alpha value is -0.800. The Morgan fingerprint density at radius 2 is 2.19 bits per heavy atom. The van der Waals surface area contributed by atoms with E-state index in [2.05, 4.69) is 0 Å². The fourth-order valence-electron chi connectivity index (χ4n) is 1.82. The zero-order chi connectivity index (χ0) is 11.2. The summed E-state index contributed by atoms with van der Waals surface area (Å²) in [6.45, 7) is 0.934. The Labute approximate surface area is 100 Å². The predicted octanol–water partition coefficient (Wildman–Crippen LogP) is 3.16. The number of aldehydes is 1. The lowest BCUT2D eigenvalue weighted by atomic mass is 10.2. The Morgan fingerprint density at radius 1 is 1.38 bits per heavy atom. The van der Waals surface area contributed by atoms with E-state index in [1.54, 1.807) is 0 Å². The molecule has 0 amide bonds. The van der Waals surface area contributed by atoms with Crippen molar-refractivity contribution in [1.82, 2.24) is 0 Å². The molecule has 16 heavy (non-hydrogen) atoms. The maximum atomic E-state index is 10.5. The van der Waals surface area contributed by atoms with Gasteiger partial charge >= 0.3 is 0 Å². The Morgan fingerprint density at radius 3 is 2.81 bits per heavy atom. The molecule has 2 rings (SSSR count). The molecule has 0 radical (unpaired) electrons. The molecule has 0 aliphatic carbocycles. The SMILES string of the molecule is O=Cc1ccc(SCCC2CCCO2)cc1. The average molecular weight is 236 g/mol. The number of ether oxygens (including phenoxy) is 1. The van der Waals surface area contributed by atoms with E-state index in [0.717, 1.165) is 30.6 Å². The number of hydrogen-bond donors (Lipinski definition) is 0. The first-order valence-corrected chi connectivity index (χ1v) is 6.67. The number of carbonyl (C=O) groups excluding carboxylic acids is 1. The van der Waals surface area contributed by atoms with Crippen LogP contribution in [0.25, 0.3) is 0 Å². The van der Waals surface area contributed by atoms with E-state index in [9.17, 15) is 4.79 Å². The lowest BCUT2D eigenvalue weighted by Gasteiger charge is -2.08. The summed E-state index contributed by atoms with van der Waals surface area (Å²) < 4.78 is 5.57. The molecule has 1 aliphatic heterocycles. The maximum Gasteiger partial charge on any atom is 0.150 e. The molecule has 1 unspecified atom stereocenters. The third kappa shape index (κ3) is 3.35. The minimum absolute atomic E-state index is 0.474. The molecular formula is C13H16O2S. The second kappa shape index (κ2) is 6.06. The van der Waals surface area contributed by atoms with Gasteiger partial charge in [0.1, 0.15) is 6.29 Å². The second-order valence-corrected chi connectivity index (χ2v) is 5.13. The number of thioether (sulfide) groups is 1. The molecule has 86 valence electrons. The zero-order valence-electron chi connectivity index (χ0n) is 9.22. The standard InChI is InChI=1S/C13H16O2S/c14-10-11-3-5-13(6-4-11)16-9-7-12-2-1-8-15-12/h3-6,10,12H,1-2,7-9H2. The van der Waals surface area contributed by atoms with Crippen molar-refractivity contribution < 1.29 is 9.53 Å². The summed E-state index contributed by atoms with van der Waals surface area (Å²) in [5.74, 6) is 1.09. The number of rotatable bonds is 5. The molecule has 3 heteroatoms. The lowest BCUT2D eigenvalue weighted by molar-refractivity contribution is 0.109. The fourth-order valence-corrected chi connectivity index (χ4v) is 2.77. The van der Waals surface area contributed by atoms with E-state index in [-0.39, 0.29) is 0 Å². The minimum atomic E-state index is 0.474. The minimum Gasteiger partial charge on any atom is -0.378 e. The highest BCUT2D eigenvalue weighted by Crippen LogP contribution is 2.23. The van der Waals surface area contributed by atoms with Crippen molar-refractivity contribution in [2.45, 2.75) is 30.3 Å². The van der Waals surface area contributed by atoms with E-state index in [4.69, 9.17) is 4.74 Å². The molecule has 0 bridgehead atoms. The van der Waals surface area contributed by atoms with E-state index in [1.807, 2.05) is 36.0 Å². The molecule has 1 aromatic rings. The second-order valence-electron chi connectivity index (χ2n) is 3.96. The van der Waals surface area contributed by atoms with Gasteiger partial charge in [-0.3, -0.25) is 4.79 Å². The molecule has 1 heterocycles. The van der Waals surface area contributed by atoms with Crippen LogP contribution in [0.3, 0.4) is 0 Å². The van der Waals surface area contributed by atoms with Crippen LogP contribution in [0.15, 0.2) is 29.2 Å². The fraction of sp³-hybridized carbons (Fsp3) is 0.462. The van der Waals surface area contributed by atoms with E-state index < -0.39 is 0 Å². The molecule has 0 aromatic heterocycles. The van der Waals surface area contributed by atoms with Crippen molar-refractivity contribution in [2.24, 2.45) is 0 Å². The highest BCUT2D eigenvalue weighted by atomic mass is 32.2. The lowest BCUT2D eigenvalue weighted by Crippen LogP contribution is -2.05. The third-order valence-corrected chi connectivity index (χ3v) is 3.79. The summed E-state index contributed by atoms with van der Waals surface area (Å²) in [6.07, 6.45) is 4.90. The molecule has 1 saturated heterocycles. The molecule has 1 aromatic carbocycles. The van der Waals surface area contributed by atoms with Crippen molar-refractivity contribution in [3.05, 3.63) is 29.8 Å². The van der Waals surface area contributed by atoms with Crippen LogP contribution in [-0.4, -0.2) is 24.7 Å². The van der Waals surface area contributed by atoms with Gasteiger partial charge in [0.15, 0.2) is 0 Å². The van der Waals surface area contributed by atoms with Gasteiger partial charge < -0.3 is 4.74 Å². The van der Waals surface area contributed by atoms with Gasteiger partial charge in [0, 0.05) is 22.8 Å². The van der Waals surface area contributed by atoms with Crippen LogP contribution in [0.4, 0.5) is 0 Å². The Kier molecular flexibility index (Phi) is 4.43. The molecular weight excluding hydrogens is 220 g/mol. The quantitative estimate of drug-likeness (QED) is 0.580. The normalized spacial score (nSPS) is 19.9. The summed E-state index contributed by atoms with van der Waals surface area (Å²) >= 11 is 1.83. The van der Waals surface area contributed by atoms with Crippen LogP contribution in [0.5, 0.6) is 0 Å². The van der Waals surface area contributed by atoms with Crippen LogP contribution in [0, 0.1) is 0 Å². The van der Waals surface area contributed by atoms with Crippen molar-refractivity contribution in [1.29, 1.82) is 0 Å². The molecule has 1 fully saturated rings. The maximum absolute atomic E-state index is 10.5. The highest BCUT2D eigenvalue weighted by Gasteiger charge is 2.14. The first-order chi connectivity index (χ1) is 7.88. The van der Waals surface area contributed by atoms with Crippen LogP contribution >= 0.6 is 11.8 Å². The van der Waals surface area contributed by atoms with E-state index in [1.165, 1.54) is 17.7 Å². The van der Waals surface area contributed by atoms with Gasteiger partial charge in [-0.2, -0.15) is 0 Å². The summed E-state index contributed by atoms with van der Waals surface area (Å²) in [6, 6.07) is 7.73. The van der Waals surface area contributed by atoms with Crippen molar-refractivity contribution in [3.63, 3.8) is 0 Å². The third-order valence-electron chi connectivity index (χ3n) is 2.75. The largest absolute Gasteiger partial charge is 0.378 e. The van der Waals surface area contributed by atoms with Crippen LogP contribution in [0.1, 0.15) is 29.6 Å². The first kappa shape index (κ1) is 11.7. The van der Waals surface area contributed by atoms with Gasteiger partial charge in [0.05, 0.1) is 6.10 Å². The van der Waals surface area contributed by atoms with Crippen LogP contribution in [-0.2, 0) is 4.74 Å². The zero-order valence-corrected chi connectivity index (χ0v) is 10.0. The topological polar surface area (TPSA) is 26.3 Å². The van der Waals surface area contributed by atoms with Gasteiger partial charge in [-0.25, -0.2) is 0 Å². The number of carbonyl (C=O) groups is 1.